The Labute approximate surface area is 201 Å². The molecule has 1 aliphatic carbocycles. The molecule has 6 nitrogen and oxygen atoms in total. The highest BCUT2D eigenvalue weighted by atomic mass is 16.5. The summed E-state index contributed by atoms with van der Waals surface area (Å²) < 4.78 is 23.3. The lowest BCUT2D eigenvalue weighted by Gasteiger charge is -2.48. The van der Waals surface area contributed by atoms with Crippen LogP contribution < -0.4 is 9.47 Å². The maximum atomic E-state index is 13.5. The molecule has 2 aliphatic heterocycles. The molecule has 2 fully saturated rings. The Kier molecular flexibility index (Phi) is 6.88. The number of Topliss-reactive ketones (excluding diaryl/α,β-unsaturated/α-hetero) is 1. The van der Waals surface area contributed by atoms with Gasteiger partial charge in [-0.25, -0.2) is 0 Å². The van der Waals surface area contributed by atoms with Crippen LogP contribution in [0.5, 0.6) is 11.5 Å². The third-order valence-electron chi connectivity index (χ3n) is 7.42. The van der Waals surface area contributed by atoms with Gasteiger partial charge >= 0.3 is 0 Å². The Morgan fingerprint density at radius 3 is 2.65 bits per heavy atom. The summed E-state index contributed by atoms with van der Waals surface area (Å²) in [7, 11) is 3.20. The number of carbonyl (C=O) groups is 1. The van der Waals surface area contributed by atoms with Crippen LogP contribution in [0.1, 0.15) is 30.4 Å². The summed E-state index contributed by atoms with van der Waals surface area (Å²) in [6, 6.07) is 16.2. The van der Waals surface area contributed by atoms with Crippen LogP contribution in [0.15, 0.2) is 54.8 Å². The van der Waals surface area contributed by atoms with Gasteiger partial charge in [0.15, 0.2) is 17.3 Å². The van der Waals surface area contributed by atoms with Crippen LogP contribution in [0.4, 0.5) is 0 Å². The summed E-state index contributed by atoms with van der Waals surface area (Å²) >= 11 is 0. The van der Waals surface area contributed by atoms with Crippen LogP contribution in [-0.2, 0) is 20.7 Å². The normalized spacial score (nSPS) is 26.6. The van der Waals surface area contributed by atoms with Gasteiger partial charge in [0.2, 0.25) is 0 Å². The van der Waals surface area contributed by atoms with Crippen LogP contribution >= 0.6 is 0 Å². The number of fused-ring (bicyclic) bond motifs is 3. The van der Waals surface area contributed by atoms with Crippen molar-refractivity contribution in [2.24, 2.45) is 11.8 Å². The first-order valence-corrected chi connectivity index (χ1v) is 12.2. The second-order valence-corrected chi connectivity index (χ2v) is 9.41. The molecule has 0 spiro atoms. The average Bonchev–Trinajstić information content (AvgIpc) is 2.89. The molecule has 1 saturated carbocycles. The number of ketones is 1. The van der Waals surface area contributed by atoms with Crippen LogP contribution in [0.3, 0.4) is 0 Å². The van der Waals surface area contributed by atoms with E-state index in [1.54, 1.807) is 20.5 Å². The molecular formula is C28H33NO5. The number of allylic oxidation sites excluding steroid dienone is 1. The van der Waals surface area contributed by atoms with Gasteiger partial charge in [0.25, 0.3) is 0 Å². The van der Waals surface area contributed by atoms with E-state index in [0.717, 1.165) is 44.3 Å². The highest BCUT2D eigenvalue weighted by molar-refractivity contribution is 6.22. The first kappa shape index (κ1) is 22.9. The van der Waals surface area contributed by atoms with E-state index in [0.29, 0.717) is 23.8 Å². The molecule has 34 heavy (non-hydrogen) atoms. The van der Waals surface area contributed by atoms with E-state index in [-0.39, 0.29) is 29.8 Å². The molecule has 2 aromatic carbocycles. The van der Waals surface area contributed by atoms with Crippen molar-refractivity contribution in [3.05, 3.63) is 65.9 Å². The van der Waals surface area contributed by atoms with Gasteiger partial charge in [-0.3, -0.25) is 9.69 Å². The van der Waals surface area contributed by atoms with E-state index in [1.807, 2.05) is 18.2 Å². The molecule has 4 unspecified atom stereocenters. The quantitative estimate of drug-likeness (QED) is 0.609. The lowest BCUT2D eigenvalue weighted by molar-refractivity contribution is -0.170. The van der Waals surface area contributed by atoms with E-state index in [4.69, 9.17) is 18.9 Å². The van der Waals surface area contributed by atoms with Crippen molar-refractivity contribution in [3.8, 4) is 11.5 Å². The molecule has 5 rings (SSSR count). The van der Waals surface area contributed by atoms with Crippen molar-refractivity contribution in [3.63, 3.8) is 0 Å². The molecule has 6 heteroatoms. The summed E-state index contributed by atoms with van der Waals surface area (Å²) in [6.45, 7) is 2.55. The van der Waals surface area contributed by atoms with E-state index in [2.05, 4.69) is 35.2 Å². The molecule has 0 radical (unpaired) electrons. The first-order valence-electron chi connectivity index (χ1n) is 12.2. The van der Waals surface area contributed by atoms with Crippen LogP contribution in [0, 0.1) is 11.8 Å². The largest absolute Gasteiger partial charge is 0.496 e. The van der Waals surface area contributed by atoms with Crippen LogP contribution in [-0.4, -0.2) is 56.9 Å². The summed E-state index contributed by atoms with van der Waals surface area (Å²) in [5.41, 5.74) is 2.77. The minimum Gasteiger partial charge on any atom is -0.496 e. The molecule has 4 atom stereocenters. The Bertz CT molecular complexity index is 1040. The Hall–Kier alpha value is -2.83. The van der Waals surface area contributed by atoms with Crippen molar-refractivity contribution < 1.29 is 23.7 Å². The predicted molar refractivity (Wildman–Crippen MR) is 130 cm³/mol. The van der Waals surface area contributed by atoms with Crippen LogP contribution in [0.2, 0.25) is 0 Å². The number of rotatable bonds is 7. The standard InChI is InChI=1S/C28H33NO5/c1-31-25-12-10-20(15-26(25)32-2)23-17-33-28-21(27(23)30)11-13-24-22(28)16-29(18-34-24)14-6-9-19-7-4-3-5-8-19/h3-5,7-8,10,12,15,17,21-22,24,28H,6,9,11,13-14,16,18H2,1-2H3. The highest BCUT2D eigenvalue weighted by Gasteiger charge is 2.49. The lowest BCUT2D eigenvalue weighted by Crippen LogP contribution is -2.56. The fourth-order valence-electron chi connectivity index (χ4n) is 5.61. The number of methoxy groups -OCH3 is 2. The SMILES string of the molecule is COc1ccc(C2=COC3C(CCC4OCN(CCCc5ccccc5)CC43)C2=O)cc1OC. The fourth-order valence-corrected chi connectivity index (χ4v) is 5.61. The summed E-state index contributed by atoms with van der Waals surface area (Å²) in [6.07, 6.45) is 5.52. The molecule has 180 valence electrons. The molecule has 2 heterocycles. The second kappa shape index (κ2) is 10.2. The minimum atomic E-state index is -0.137. The molecular weight excluding hydrogens is 430 g/mol. The van der Waals surface area contributed by atoms with Crippen molar-refractivity contribution >= 4 is 11.4 Å². The maximum absolute atomic E-state index is 13.5. The van der Waals surface area contributed by atoms with Gasteiger partial charge in [-0.2, -0.15) is 0 Å². The predicted octanol–water partition coefficient (Wildman–Crippen LogP) is 4.33. The smallest absolute Gasteiger partial charge is 0.173 e. The molecule has 2 aromatic rings. The number of nitrogens with zero attached hydrogens (tertiary/aromatic N) is 1. The maximum Gasteiger partial charge on any atom is 0.173 e. The van der Waals surface area contributed by atoms with Gasteiger partial charge in [-0.05, 0) is 48.9 Å². The monoisotopic (exact) mass is 463 g/mol. The summed E-state index contributed by atoms with van der Waals surface area (Å²) in [4.78, 5) is 15.9. The molecule has 0 amide bonds. The zero-order chi connectivity index (χ0) is 23.5. The third kappa shape index (κ3) is 4.57. The number of carbonyl (C=O) groups excluding carboxylic acids is 1. The number of aryl methyl sites for hydroxylation is 1. The van der Waals surface area contributed by atoms with Gasteiger partial charge in [-0.15, -0.1) is 0 Å². The highest BCUT2D eigenvalue weighted by Crippen LogP contribution is 2.42. The second-order valence-electron chi connectivity index (χ2n) is 9.41. The average molecular weight is 464 g/mol. The van der Waals surface area contributed by atoms with Crippen molar-refractivity contribution in [2.75, 3.05) is 34.0 Å². The van der Waals surface area contributed by atoms with E-state index in [9.17, 15) is 4.79 Å². The Morgan fingerprint density at radius 1 is 1.03 bits per heavy atom. The van der Waals surface area contributed by atoms with Crippen molar-refractivity contribution in [2.45, 2.75) is 37.9 Å². The van der Waals surface area contributed by atoms with E-state index in [1.165, 1.54) is 5.56 Å². The lowest BCUT2D eigenvalue weighted by atomic mass is 9.71. The third-order valence-corrected chi connectivity index (χ3v) is 7.42. The molecule has 0 N–H and O–H groups in total. The fraction of sp³-hybridized carbons (Fsp3) is 0.464. The van der Waals surface area contributed by atoms with E-state index >= 15 is 0 Å². The zero-order valence-corrected chi connectivity index (χ0v) is 19.9. The number of hydrogen-bond acceptors (Lipinski definition) is 6. The first-order chi connectivity index (χ1) is 16.7. The van der Waals surface area contributed by atoms with Crippen LogP contribution in [0.25, 0.3) is 5.57 Å². The number of hydrogen-bond donors (Lipinski definition) is 0. The topological polar surface area (TPSA) is 57.2 Å². The van der Waals surface area contributed by atoms with E-state index < -0.39 is 0 Å². The molecule has 0 aromatic heterocycles. The zero-order valence-electron chi connectivity index (χ0n) is 19.9. The molecule has 1 saturated heterocycles. The van der Waals surface area contributed by atoms with Gasteiger partial charge < -0.3 is 18.9 Å². The number of ether oxygens (including phenoxy) is 4. The van der Waals surface area contributed by atoms with Gasteiger partial charge in [0.1, 0.15) is 6.10 Å². The van der Waals surface area contributed by atoms with Gasteiger partial charge in [-0.1, -0.05) is 36.4 Å². The van der Waals surface area contributed by atoms with Crippen molar-refractivity contribution in [1.82, 2.24) is 4.90 Å². The summed E-state index contributed by atoms with van der Waals surface area (Å²) in [5.74, 6) is 1.47. The number of benzene rings is 2. The molecule has 0 bridgehead atoms. The molecule has 3 aliphatic rings. The van der Waals surface area contributed by atoms with Gasteiger partial charge in [0.05, 0.1) is 44.8 Å². The van der Waals surface area contributed by atoms with Crippen molar-refractivity contribution in [1.29, 1.82) is 0 Å². The van der Waals surface area contributed by atoms with Gasteiger partial charge in [0, 0.05) is 19.0 Å². The Morgan fingerprint density at radius 2 is 1.85 bits per heavy atom. The summed E-state index contributed by atoms with van der Waals surface area (Å²) in [5, 5.41) is 0. The Balaban J connectivity index is 1.26. The minimum absolute atomic E-state index is 0.132.